The van der Waals surface area contributed by atoms with Crippen molar-refractivity contribution < 1.29 is 8.78 Å². The summed E-state index contributed by atoms with van der Waals surface area (Å²) < 4.78 is 27.3. The highest BCUT2D eigenvalue weighted by atomic mass is 32.2. The number of hydrogen-bond acceptors (Lipinski definition) is 2. The van der Waals surface area contributed by atoms with Crippen molar-refractivity contribution in [2.75, 3.05) is 11.6 Å². The largest absolute Gasteiger partial charge is 0.378 e. The third-order valence-electron chi connectivity index (χ3n) is 2.89. The van der Waals surface area contributed by atoms with Gasteiger partial charge in [0.25, 0.3) is 0 Å². The van der Waals surface area contributed by atoms with Gasteiger partial charge in [-0.05, 0) is 43.5 Å². The molecule has 0 amide bonds. The summed E-state index contributed by atoms with van der Waals surface area (Å²) in [5.41, 5.74) is 0.916. The average molecular weight is 279 g/mol. The van der Waals surface area contributed by atoms with Crippen molar-refractivity contribution in [1.82, 2.24) is 0 Å². The zero-order valence-electron chi connectivity index (χ0n) is 10.8. The summed E-state index contributed by atoms with van der Waals surface area (Å²) in [4.78, 5) is 1.10. The average Bonchev–Trinajstić information content (AvgIpc) is 2.38. The van der Waals surface area contributed by atoms with Crippen LogP contribution in [-0.2, 0) is 0 Å². The second-order valence-electron chi connectivity index (χ2n) is 4.23. The van der Waals surface area contributed by atoms with Gasteiger partial charge in [-0.3, -0.25) is 0 Å². The third kappa shape index (κ3) is 3.26. The van der Waals surface area contributed by atoms with Crippen LogP contribution in [-0.4, -0.2) is 6.26 Å². The molecule has 0 bridgehead atoms. The fourth-order valence-electron chi connectivity index (χ4n) is 1.96. The van der Waals surface area contributed by atoms with Gasteiger partial charge in [0.1, 0.15) is 11.6 Å². The van der Waals surface area contributed by atoms with Crippen molar-refractivity contribution in [3.8, 4) is 0 Å². The molecule has 0 spiro atoms. The van der Waals surface area contributed by atoms with Crippen molar-refractivity contribution >= 4 is 17.4 Å². The molecule has 0 fully saturated rings. The molecule has 0 saturated carbocycles. The first-order valence-electron chi connectivity index (χ1n) is 5.96. The van der Waals surface area contributed by atoms with Gasteiger partial charge in [-0.1, -0.05) is 12.1 Å². The first kappa shape index (κ1) is 13.9. The fourth-order valence-corrected chi connectivity index (χ4v) is 2.42. The second-order valence-corrected chi connectivity index (χ2v) is 5.11. The Morgan fingerprint density at radius 3 is 2.32 bits per heavy atom. The van der Waals surface area contributed by atoms with Crippen LogP contribution in [0.5, 0.6) is 0 Å². The minimum atomic E-state index is -0.527. The lowest BCUT2D eigenvalue weighted by Gasteiger charge is -2.17. The smallest absolute Gasteiger partial charge is 0.131 e. The molecule has 4 heteroatoms. The lowest BCUT2D eigenvalue weighted by Crippen LogP contribution is -2.10. The molecule has 0 radical (unpaired) electrons. The zero-order chi connectivity index (χ0) is 13.8. The minimum Gasteiger partial charge on any atom is -0.378 e. The summed E-state index contributed by atoms with van der Waals surface area (Å²) in [7, 11) is 0. The van der Waals surface area contributed by atoms with Gasteiger partial charge in [-0.15, -0.1) is 11.8 Å². The molecule has 0 aliphatic heterocycles. The van der Waals surface area contributed by atoms with Crippen LogP contribution in [0.2, 0.25) is 0 Å². The molecule has 19 heavy (non-hydrogen) atoms. The van der Waals surface area contributed by atoms with E-state index in [-0.39, 0.29) is 5.56 Å². The van der Waals surface area contributed by atoms with Gasteiger partial charge in [-0.25, -0.2) is 8.78 Å². The van der Waals surface area contributed by atoms with Gasteiger partial charge in [0.2, 0.25) is 0 Å². The molecule has 0 saturated heterocycles. The molecule has 0 aromatic heterocycles. The van der Waals surface area contributed by atoms with E-state index in [9.17, 15) is 8.78 Å². The van der Waals surface area contributed by atoms with Gasteiger partial charge in [0, 0.05) is 16.1 Å². The first-order chi connectivity index (χ1) is 9.11. The molecule has 2 rings (SSSR count). The van der Waals surface area contributed by atoms with Crippen LogP contribution in [0.4, 0.5) is 14.5 Å². The predicted octanol–water partition coefficient (Wildman–Crippen LogP) is 4.86. The number of rotatable bonds is 4. The van der Waals surface area contributed by atoms with E-state index in [1.165, 1.54) is 18.2 Å². The Hall–Kier alpha value is -1.55. The number of hydrogen-bond donors (Lipinski definition) is 1. The summed E-state index contributed by atoms with van der Waals surface area (Å²) in [5.74, 6) is -1.05. The molecular weight excluding hydrogens is 264 g/mol. The van der Waals surface area contributed by atoms with E-state index in [0.29, 0.717) is 0 Å². The maximum Gasteiger partial charge on any atom is 0.131 e. The van der Waals surface area contributed by atoms with Gasteiger partial charge in [0.05, 0.1) is 6.04 Å². The van der Waals surface area contributed by atoms with Crippen molar-refractivity contribution in [3.63, 3.8) is 0 Å². The predicted molar refractivity (Wildman–Crippen MR) is 76.6 cm³/mol. The molecule has 1 nitrogen and oxygen atoms in total. The quantitative estimate of drug-likeness (QED) is 0.802. The van der Waals surface area contributed by atoms with E-state index >= 15 is 0 Å². The Bertz CT molecular complexity index is 552. The standard InChI is InChI=1S/C15H15F2NS/c1-10(15-13(16)7-4-8-14(15)17)18-11-5-3-6-12(9-11)19-2/h3-10,18H,1-2H3. The molecule has 0 aliphatic carbocycles. The topological polar surface area (TPSA) is 12.0 Å². The van der Waals surface area contributed by atoms with E-state index in [1.807, 2.05) is 30.5 Å². The molecule has 1 unspecified atom stereocenters. The van der Waals surface area contributed by atoms with Crippen LogP contribution in [0.25, 0.3) is 0 Å². The van der Waals surface area contributed by atoms with E-state index in [0.717, 1.165) is 10.6 Å². The van der Waals surface area contributed by atoms with Gasteiger partial charge in [-0.2, -0.15) is 0 Å². The SMILES string of the molecule is CSc1cccc(NC(C)c2c(F)cccc2F)c1. The van der Waals surface area contributed by atoms with Crippen LogP contribution in [0.15, 0.2) is 47.4 Å². The number of nitrogens with one attached hydrogen (secondary N) is 1. The highest BCUT2D eigenvalue weighted by molar-refractivity contribution is 7.98. The summed E-state index contributed by atoms with van der Waals surface area (Å²) in [5, 5.41) is 3.12. The van der Waals surface area contributed by atoms with Crippen molar-refractivity contribution in [2.24, 2.45) is 0 Å². The Morgan fingerprint density at radius 1 is 1.05 bits per heavy atom. The zero-order valence-corrected chi connectivity index (χ0v) is 11.6. The molecule has 1 atom stereocenters. The molecule has 1 N–H and O–H groups in total. The number of anilines is 1. The van der Waals surface area contributed by atoms with Gasteiger partial charge < -0.3 is 5.32 Å². The molecule has 2 aromatic carbocycles. The van der Waals surface area contributed by atoms with Crippen molar-refractivity contribution in [2.45, 2.75) is 17.9 Å². The first-order valence-corrected chi connectivity index (χ1v) is 7.19. The Kier molecular flexibility index (Phi) is 4.43. The monoisotopic (exact) mass is 279 g/mol. The molecule has 2 aromatic rings. The summed E-state index contributed by atoms with van der Waals surface area (Å²) in [6, 6.07) is 11.2. The second kappa shape index (κ2) is 6.06. The highest BCUT2D eigenvalue weighted by Crippen LogP contribution is 2.26. The summed E-state index contributed by atoms with van der Waals surface area (Å²) in [6.45, 7) is 1.74. The Morgan fingerprint density at radius 2 is 1.68 bits per heavy atom. The lowest BCUT2D eigenvalue weighted by atomic mass is 10.1. The number of benzene rings is 2. The molecule has 0 heterocycles. The molecular formula is C15H15F2NS. The van der Waals surface area contributed by atoms with Crippen LogP contribution >= 0.6 is 11.8 Å². The fraction of sp³-hybridized carbons (Fsp3) is 0.200. The van der Waals surface area contributed by atoms with Crippen LogP contribution < -0.4 is 5.32 Å². The van der Waals surface area contributed by atoms with Crippen LogP contribution in [0, 0.1) is 11.6 Å². The maximum absolute atomic E-state index is 13.7. The lowest BCUT2D eigenvalue weighted by molar-refractivity contribution is 0.544. The normalized spacial score (nSPS) is 12.2. The van der Waals surface area contributed by atoms with Gasteiger partial charge >= 0.3 is 0 Å². The number of thioether (sulfide) groups is 1. The third-order valence-corrected chi connectivity index (χ3v) is 3.61. The summed E-state index contributed by atoms with van der Waals surface area (Å²) >= 11 is 1.62. The van der Waals surface area contributed by atoms with Crippen LogP contribution in [0.1, 0.15) is 18.5 Å². The highest BCUT2D eigenvalue weighted by Gasteiger charge is 2.15. The van der Waals surface area contributed by atoms with E-state index in [2.05, 4.69) is 5.32 Å². The van der Waals surface area contributed by atoms with E-state index in [1.54, 1.807) is 18.7 Å². The van der Waals surface area contributed by atoms with Crippen LogP contribution in [0.3, 0.4) is 0 Å². The van der Waals surface area contributed by atoms with Crippen molar-refractivity contribution in [1.29, 1.82) is 0 Å². The van der Waals surface area contributed by atoms with Crippen molar-refractivity contribution in [3.05, 3.63) is 59.7 Å². The molecule has 100 valence electrons. The van der Waals surface area contributed by atoms with E-state index in [4.69, 9.17) is 0 Å². The van der Waals surface area contributed by atoms with E-state index < -0.39 is 17.7 Å². The molecule has 0 aliphatic rings. The maximum atomic E-state index is 13.7. The Labute approximate surface area is 116 Å². The van der Waals surface area contributed by atoms with Gasteiger partial charge in [0.15, 0.2) is 0 Å². The Balaban J connectivity index is 2.23. The minimum absolute atomic E-state index is 0.0667. The number of halogens is 2. The summed E-state index contributed by atoms with van der Waals surface area (Å²) in [6.07, 6.45) is 1.99.